The number of hydrogen-bond acceptors (Lipinski definition) is 19. The van der Waals surface area contributed by atoms with Gasteiger partial charge in [0.15, 0.2) is 0 Å². The van der Waals surface area contributed by atoms with Crippen LogP contribution in [0.1, 0.15) is 135 Å². The number of aryl methyl sites for hydroxylation is 2. The van der Waals surface area contributed by atoms with Gasteiger partial charge in [0.2, 0.25) is 5.82 Å². The number of rotatable bonds is 9. The molecule has 5 aromatic carbocycles. The molecule has 5 aliphatic rings. The number of carbonyl (C=O) groups is 4. The van der Waals surface area contributed by atoms with E-state index in [4.69, 9.17) is 39.0 Å². The molecular formula is C72H93BBr4FN13O14. The molecule has 105 heavy (non-hydrogen) atoms. The summed E-state index contributed by atoms with van der Waals surface area (Å²) in [7, 11) is -0.414. The van der Waals surface area contributed by atoms with Crippen LogP contribution in [0, 0.1) is 39.9 Å². The number of nitro benzene ring substituents is 2. The van der Waals surface area contributed by atoms with Crippen molar-refractivity contribution in [2.24, 2.45) is 0 Å². The summed E-state index contributed by atoms with van der Waals surface area (Å²) in [4.78, 5) is 83.9. The van der Waals surface area contributed by atoms with Gasteiger partial charge in [-0.15, -0.1) is 0 Å². The monoisotopic (exact) mass is 1710 g/mol. The Kier molecular flexibility index (Phi) is 25.8. The van der Waals surface area contributed by atoms with Crippen molar-refractivity contribution in [2.75, 3.05) is 68.7 Å². The number of hydrogen-bond donors (Lipinski definition) is 3. The number of ether oxygens (including phenoxy) is 4. The molecule has 7 heterocycles. The first-order valence-corrected chi connectivity index (χ1v) is 37.2. The fourth-order valence-electron chi connectivity index (χ4n) is 11.2. The third-order valence-electron chi connectivity index (χ3n) is 17.1. The van der Waals surface area contributed by atoms with Crippen molar-refractivity contribution < 1.29 is 61.7 Å². The fourth-order valence-corrected chi connectivity index (χ4v) is 12.7. The molecule has 4 N–H and O–H groups in total. The van der Waals surface area contributed by atoms with E-state index < -0.39 is 50.9 Å². The molecule has 0 saturated carbocycles. The summed E-state index contributed by atoms with van der Waals surface area (Å²) in [5, 5.41) is 27.5. The second kappa shape index (κ2) is 32.7. The highest BCUT2D eigenvalue weighted by molar-refractivity contribution is 9.11. The highest BCUT2D eigenvalue weighted by Gasteiger charge is 2.52. The average molecular weight is 1710 g/mol. The molecular weight excluding hydrogens is 1620 g/mol. The number of amides is 4. The lowest BCUT2D eigenvalue weighted by atomic mass is 9.79. The maximum Gasteiger partial charge on any atom is 0.494 e. The zero-order valence-electron chi connectivity index (χ0n) is 62.4. The Hall–Kier alpha value is -7.85. The Balaban J connectivity index is 0.000000171. The molecule has 0 unspecified atom stereocenters. The van der Waals surface area contributed by atoms with Crippen molar-refractivity contribution in [3.8, 4) is 0 Å². The van der Waals surface area contributed by atoms with Crippen LogP contribution in [0.2, 0.25) is 0 Å². The molecule has 5 saturated heterocycles. The van der Waals surface area contributed by atoms with E-state index >= 15 is 0 Å². The van der Waals surface area contributed by atoms with Crippen molar-refractivity contribution in [3.05, 3.63) is 147 Å². The Morgan fingerprint density at radius 1 is 0.514 bits per heavy atom. The van der Waals surface area contributed by atoms with E-state index in [2.05, 4.69) is 128 Å². The van der Waals surface area contributed by atoms with Gasteiger partial charge in [-0.2, -0.15) is 4.39 Å². The van der Waals surface area contributed by atoms with Crippen molar-refractivity contribution in [1.82, 2.24) is 38.7 Å². The highest BCUT2D eigenvalue weighted by Crippen LogP contribution is 2.38. The van der Waals surface area contributed by atoms with Gasteiger partial charge >= 0.3 is 37.2 Å². The minimum atomic E-state index is -0.829. The Morgan fingerprint density at radius 3 is 1.25 bits per heavy atom. The Bertz CT molecular complexity index is 4340. The van der Waals surface area contributed by atoms with Gasteiger partial charge in [0.05, 0.1) is 78.7 Å². The van der Waals surface area contributed by atoms with Crippen LogP contribution in [-0.2, 0) is 28.3 Å². The second-order valence-electron chi connectivity index (χ2n) is 31.1. The standard InChI is InChI=1S/C22H32BN3O4.C16H20BrN3O2.C14H18BrN3O4.C14H20BrN3O2.C6H3BrFNO2/c1-14-24-17-10-9-15(23-29-21(5,6)22(7,8)30-23)11-18(17)26(14)16-12-25(13-16)19(27)28-20(2,3)4;1-10-18-13-6-5-11(17)7-14(13)20(10)12-8-19(9-12)15(21)22-16(2,3)4;1-14(2,3)22-13(19)17-7-10(8-17)16-11-6-9(15)4-5-12(11)18(20)21;1-14(2,3)20-13(19)18-7-10(8-18)17-12-6-9(15)4-5-11(12)16;7-4-1-2-6(9(10)11)5(8)3-4/h9-11,16H,12-13H2,1-8H3;5-7,12H,8-9H2,1-4H3;4-6,10,16H,7-8H2,1-3H3;4-6,10,17H,7-8,16H2,1-3H3;1-3H. The van der Waals surface area contributed by atoms with Gasteiger partial charge in [0.25, 0.3) is 5.69 Å². The molecule has 33 heteroatoms. The number of nitrogen functional groups attached to an aromatic ring is 1. The molecule has 27 nitrogen and oxygen atoms in total. The predicted molar refractivity (Wildman–Crippen MR) is 417 cm³/mol. The quantitative estimate of drug-likeness (QED) is 0.0397. The third-order valence-corrected chi connectivity index (χ3v) is 19.0. The van der Waals surface area contributed by atoms with E-state index in [-0.39, 0.29) is 65.4 Å². The van der Waals surface area contributed by atoms with Crippen LogP contribution in [0.3, 0.4) is 0 Å². The smallest absolute Gasteiger partial charge is 0.444 e. The predicted octanol–water partition coefficient (Wildman–Crippen LogP) is 16.3. The van der Waals surface area contributed by atoms with E-state index in [9.17, 15) is 43.8 Å². The topological polar surface area (TPSA) is 309 Å². The van der Waals surface area contributed by atoms with Gasteiger partial charge in [0.1, 0.15) is 39.7 Å². The molecule has 0 spiro atoms. The molecule has 12 rings (SSSR count). The van der Waals surface area contributed by atoms with E-state index in [0.29, 0.717) is 68.2 Å². The van der Waals surface area contributed by atoms with Crippen LogP contribution in [0.15, 0.2) is 109 Å². The molecule has 568 valence electrons. The Morgan fingerprint density at radius 2 is 0.848 bits per heavy atom. The summed E-state index contributed by atoms with van der Waals surface area (Å²) in [5.74, 6) is 1.08. The van der Waals surface area contributed by atoms with Crippen LogP contribution in [-0.4, -0.2) is 178 Å². The van der Waals surface area contributed by atoms with Crippen molar-refractivity contribution in [2.45, 2.75) is 182 Å². The van der Waals surface area contributed by atoms with Crippen molar-refractivity contribution in [3.63, 3.8) is 0 Å². The lowest BCUT2D eigenvalue weighted by molar-refractivity contribution is -0.387. The minimum absolute atomic E-state index is 0.0129. The zero-order valence-corrected chi connectivity index (χ0v) is 68.7. The molecule has 0 aliphatic carbocycles. The molecule has 4 amide bonds. The number of nitrogens with zero attached hydrogens (tertiary/aromatic N) is 10. The van der Waals surface area contributed by atoms with Gasteiger partial charge in [-0.05, 0) is 203 Å². The van der Waals surface area contributed by atoms with Crippen LogP contribution in [0.25, 0.3) is 22.1 Å². The first kappa shape index (κ1) is 82.8. The van der Waals surface area contributed by atoms with Gasteiger partial charge in [-0.25, -0.2) is 29.1 Å². The largest absolute Gasteiger partial charge is 0.494 e. The lowest BCUT2D eigenvalue weighted by Gasteiger charge is -2.41. The molecule has 0 atom stereocenters. The first-order chi connectivity index (χ1) is 48.5. The van der Waals surface area contributed by atoms with Crippen LogP contribution in [0.4, 0.5) is 52.0 Å². The number of nitrogens with two attached hydrogens (primary N) is 1. The minimum Gasteiger partial charge on any atom is -0.444 e. The number of aromatic nitrogens is 4. The number of halogens is 5. The fraction of sp³-hybridized carbons (Fsp3) is 0.500. The number of imidazole rings is 2. The summed E-state index contributed by atoms with van der Waals surface area (Å²) in [6, 6.07) is 26.8. The number of nitro groups is 2. The maximum atomic E-state index is 12.6. The molecule has 0 radical (unpaired) electrons. The molecule has 5 aliphatic heterocycles. The number of carbonyl (C=O) groups excluding carboxylic acids is 4. The number of fused-ring (bicyclic) bond motifs is 2. The van der Waals surface area contributed by atoms with E-state index in [1.54, 1.807) is 31.7 Å². The first-order valence-electron chi connectivity index (χ1n) is 34.0. The second-order valence-corrected chi connectivity index (χ2v) is 34.7. The van der Waals surface area contributed by atoms with Crippen LogP contribution in [0.5, 0.6) is 0 Å². The average Bonchev–Trinajstić information content (AvgIpc) is 1.62. The Labute approximate surface area is 645 Å². The van der Waals surface area contributed by atoms with Crippen LogP contribution < -0.4 is 21.8 Å². The van der Waals surface area contributed by atoms with E-state index in [0.717, 1.165) is 70.4 Å². The summed E-state index contributed by atoms with van der Waals surface area (Å²) >= 11 is 13.2. The SMILES string of the molecule is CC(C)(C)OC(=O)N1CC(Nc2cc(Br)ccc2N)C1.CC(C)(C)OC(=O)N1CC(Nc2cc(Br)ccc2[N+](=O)[O-])C1.Cc1nc2ccc(B3OC(C)(C)C(C)(C)O3)cc2n1C1CN(C(=O)OC(C)(C)C)C1.Cc1nc2ccc(Br)cc2n1C1CN(C(=O)OC(C)(C)C)C1.O=[N+]([O-])c1ccc(Br)cc1F. The van der Waals surface area contributed by atoms with Gasteiger partial charge < -0.3 is 73.4 Å². The molecule has 2 aromatic heterocycles. The van der Waals surface area contributed by atoms with Gasteiger partial charge in [-0.3, -0.25) is 20.2 Å². The lowest BCUT2D eigenvalue weighted by Crippen LogP contribution is -2.57. The molecule has 0 bridgehead atoms. The van der Waals surface area contributed by atoms with Crippen LogP contribution >= 0.6 is 63.7 Å². The summed E-state index contributed by atoms with van der Waals surface area (Å²) < 4.78 is 54.2. The summed E-state index contributed by atoms with van der Waals surface area (Å²) in [6.45, 7) is 39.3. The number of likely N-dealkylation sites (tertiary alicyclic amines) is 4. The zero-order chi connectivity index (χ0) is 78.0. The highest BCUT2D eigenvalue weighted by atomic mass is 79.9. The maximum absolute atomic E-state index is 12.6. The normalized spacial score (nSPS) is 16.6. The molecule has 5 fully saturated rings. The third kappa shape index (κ3) is 22.2. The van der Waals surface area contributed by atoms with Crippen molar-refractivity contribution in [1.29, 1.82) is 0 Å². The number of nitrogens with one attached hydrogen (secondary N) is 2. The molecule has 7 aromatic rings. The van der Waals surface area contributed by atoms with Gasteiger partial charge in [-0.1, -0.05) is 69.8 Å². The van der Waals surface area contributed by atoms with Gasteiger partial charge in [0, 0.05) is 82.4 Å². The number of benzene rings is 5. The number of anilines is 3. The summed E-state index contributed by atoms with van der Waals surface area (Å²) in [6.07, 6.45) is -1.14. The van der Waals surface area contributed by atoms with E-state index in [1.165, 1.54) is 12.1 Å². The summed E-state index contributed by atoms with van der Waals surface area (Å²) in [5.41, 5.74) is 9.76. The van der Waals surface area contributed by atoms with E-state index in [1.807, 2.05) is 139 Å². The van der Waals surface area contributed by atoms with Crippen molar-refractivity contribution >= 4 is 151 Å².